The van der Waals surface area contributed by atoms with Gasteiger partial charge in [0.1, 0.15) is 0 Å². The maximum absolute atomic E-state index is 10.1. The van der Waals surface area contributed by atoms with Gasteiger partial charge in [0.15, 0.2) is 0 Å². The maximum Gasteiger partial charge on any atom is 1.00 e. The van der Waals surface area contributed by atoms with E-state index in [0.717, 1.165) is 38.5 Å². The average Bonchev–Trinajstić information content (AvgIpc) is 2.08. The van der Waals surface area contributed by atoms with E-state index < -0.39 is 11.9 Å². The van der Waals surface area contributed by atoms with E-state index in [0.29, 0.717) is 0 Å². The number of aliphatic carboxylic acids is 2. The number of carboxylic acids is 2. The Labute approximate surface area is 114 Å². The fourth-order valence-corrected chi connectivity index (χ4v) is 1.26. The summed E-state index contributed by atoms with van der Waals surface area (Å²) in [6.07, 6.45) is 5.82. The third kappa shape index (κ3) is 16.6. The maximum atomic E-state index is 10.1. The Kier molecular flexibility index (Phi) is 13.9. The van der Waals surface area contributed by atoms with Crippen LogP contribution >= 0.6 is 0 Å². The van der Waals surface area contributed by atoms with Gasteiger partial charge in [-0.15, -0.1) is 0 Å². The Bertz CT molecular complexity index is 168. The molecule has 0 aromatic heterocycles. The summed E-state index contributed by atoms with van der Waals surface area (Å²) in [5, 5.41) is 16.7. The van der Waals surface area contributed by atoms with E-state index >= 15 is 0 Å². The predicted octanol–water partition coefficient (Wildman–Crippen LogP) is -0.607. The van der Waals surface area contributed by atoms with E-state index in [1.165, 1.54) is 0 Å². The molecule has 2 N–H and O–H groups in total. The van der Waals surface area contributed by atoms with Crippen LogP contribution < -0.4 is 29.6 Å². The summed E-state index contributed by atoms with van der Waals surface area (Å²) in [6, 6.07) is 0. The molecule has 0 bridgehead atoms. The van der Waals surface area contributed by atoms with E-state index in [9.17, 15) is 9.59 Å². The molecule has 0 saturated heterocycles. The molecule has 0 aromatic carbocycles. The molecule has 0 radical (unpaired) electrons. The second-order valence-electron chi connectivity index (χ2n) is 3.41. The number of carbonyl (C=O) groups is 2. The Hall–Kier alpha value is -0.0600. The minimum absolute atomic E-state index is 0. The molecular formula is C10H19NaO4. The molecule has 84 valence electrons. The van der Waals surface area contributed by atoms with Crippen molar-refractivity contribution in [2.75, 3.05) is 0 Å². The Morgan fingerprint density at radius 3 is 1.27 bits per heavy atom. The van der Waals surface area contributed by atoms with E-state index in [-0.39, 0.29) is 43.8 Å². The molecule has 5 heteroatoms. The van der Waals surface area contributed by atoms with Gasteiger partial charge in [-0.25, -0.2) is 0 Å². The van der Waals surface area contributed by atoms with Gasteiger partial charge in [-0.1, -0.05) is 25.7 Å². The van der Waals surface area contributed by atoms with Crippen LogP contribution in [0.2, 0.25) is 0 Å². The van der Waals surface area contributed by atoms with Crippen LogP contribution in [0, 0.1) is 0 Å². The molecule has 0 amide bonds. The van der Waals surface area contributed by atoms with E-state index in [4.69, 9.17) is 10.2 Å². The molecular weight excluding hydrogens is 207 g/mol. The average molecular weight is 226 g/mol. The van der Waals surface area contributed by atoms with Crippen LogP contribution in [0.4, 0.5) is 0 Å². The third-order valence-electron chi connectivity index (χ3n) is 2.03. The number of carboxylic acid groups (broad SMARTS) is 2. The molecule has 0 fully saturated rings. The van der Waals surface area contributed by atoms with Crippen molar-refractivity contribution in [3.05, 3.63) is 0 Å². The summed E-state index contributed by atoms with van der Waals surface area (Å²) in [5.74, 6) is -1.48. The zero-order valence-corrected chi connectivity index (χ0v) is 11.4. The molecule has 0 saturated carbocycles. The normalized spacial score (nSPS) is 9.33. The van der Waals surface area contributed by atoms with E-state index in [2.05, 4.69) is 0 Å². The zero-order chi connectivity index (χ0) is 10.8. The van der Waals surface area contributed by atoms with Crippen molar-refractivity contribution in [3.8, 4) is 0 Å². The zero-order valence-electron chi connectivity index (χ0n) is 10.4. The van der Waals surface area contributed by atoms with Gasteiger partial charge >= 0.3 is 41.5 Å². The first kappa shape index (κ1) is 17.3. The summed E-state index contributed by atoms with van der Waals surface area (Å²) in [4.78, 5) is 20.3. The van der Waals surface area contributed by atoms with Gasteiger partial charge in [0.25, 0.3) is 0 Å². The van der Waals surface area contributed by atoms with Crippen LogP contribution in [0.5, 0.6) is 0 Å². The number of hydrogen-bond acceptors (Lipinski definition) is 2. The summed E-state index contributed by atoms with van der Waals surface area (Å²) in [6.45, 7) is 0. The van der Waals surface area contributed by atoms with Crippen LogP contribution in [0.3, 0.4) is 0 Å². The molecule has 0 aromatic rings. The smallest absolute Gasteiger partial charge is 1.00 e. The first-order chi connectivity index (χ1) is 6.63. The van der Waals surface area contributed by atoms with Gasteiger partial charge in [0.05, 0.1) is 0 Å². The predicted molar refractivity (Wildman–Crippen MR) is 53.3 cm³/mol. The molecule has 0 aliphatic heterocycles. The standard InChI is InChI=1S/C10H18O4.Na.H/c11-9(12)7-5-3-1-2-4-6-8-10(13)14;;/h1-8H2,(H,11,12)(H,13,14);;/q;+1;-1. The summed E-state index contributed by atoms with van der Waals surface area (Å²) < 4.78 is 0. The van der Waals surface area contributed by atoms with Crippen molar-refractivity contribution in [1.82, 2.24) is 0 Å². The molecule has 0 spiro atoms. The minimum atomic E-state index is -0.740. The third-order valence-corrected chi connectivity index (χ3v) is 2.03. The van der Waals surface area contributed by atoms with Crippen LogP contribution in [-0.4, -0.2) is 22.2 Å². The second-order valence-corrected chi connectivity index (χ2v) is 3.41. The quantitative estimate of drug-likeness (QED) is 0.406. The van der Waals surface area contributed by atoms with Gasteiger partial charge in [-0.05, 0) is 12.8 Å². The van der Waals surface area contributed by atoms with Crippen molar-refractivity contribution in [2.24, 2.45) is 0 Å². The molecule has 15 heavy (non-hydrogen) atoms. The van der Waals surface area contributed by atoms with Crippen LogP contribution in [0.1, 0.15) is 52.8 Å². The first-order valence-corrected chi connectivity index (χ1v) is 5.06. The molecule has 0 aliphatic rings. The monoisotopic (exact) mass is 226 g/mol. The van der Waals surface area contributed by atoms with Crippen LogP contribution in [0.15, 0.2) is 0 Å². The Balaban J connectivity index is -0.000000845. The number of unbranched alkanes of at least 4 members (excludes halogenated alkanes) is 5. The summed E-state index contributed by atoms with van der Waals surface area (Å²) in [7, 11) is 0. The van der Waals surface area contributed by atoms with Crippen molar-refractivity contribution in [2.45, 2.75) is 51.4 Å². The van der Waals surface area contributed by atoms with Gasteiger partial charge in [-0.3, -0.25) is 9.59 Å². The second kappa shape index (κ2) is 12.0. The number of hydrogen-bond donors (Lipinski definition) is 2. The molecule has 0 rings (SSSR count). The topological polar surface area (TPSA) is 74.6 Å². The SMILES string of the molecule is O=C(O)CCCCCCCCC(=O)O.[H-].[Na+]. The van der Waals surface area contributed by atoms with Crippen molar-refractivity contribution >= 4 is 11.9 Å². The summed E-state index contributed by atoms with van der Waals surface area (Å²) in [5.41, 5.74) is 0. The van der Waals surface area contributed by atoms with Crippen molar-refractivity contribution in [1.29, 1.82) is 0 Å². The van der Waals surface area contributed by atoms with Gasteiger partial charge in [-0.2, -0.15) is 0 Å². The molecule has 0 heterocycles. The van der Waals surface area contributed by atoms with Gasteiger partial charge in [0.2, 0.25) is 0 Å². The summed E-state index contributed by atoms with van der Waals surface area (Å²) >= 11 is 0. The fourth-order valence-electron chi connectivity index (χ4n) is 1.26. The molecule has 4 nitrogen and oxygen atoms in total. The van der Waals surface area contributed by atoms with Crippen LogP contribution in [-0.2, 0) is 9.59 Å². The molecule has 0 unspecified atom stereocenters. The van der Waals surface area contributed by atoms with E-state index in [1.54, 1.807) is 0 Å². The van der Waals surface area contributed by atoms with Crippen LogP contribution in [0.25, 0.3) is 0 Å². The van der Waals surface area contributed by atoms with Gasteiger partial charge < -0.3 is 11.6 Å². The Morgan fingerprint density at radius 1 is 0.733 bits per heavy atom. The van der Waals surface area contributed by atoms with E-state index in [1.807, 2.05) is 0 Å². The number of rotatable bonds is 9. The fraction of sp³-hybridized carbons (Fsp3) is 0.800. The van der Waals surface area contributed by atoms with Crippen molar-refractivity contribution in [3.63, 3.8) is 0 Å². The Morgan fingerprint density at radius 2 is 1.00 bits per heavy atom. The van der Waals surface area contributed by atoms with Gasteiger partial charge in [0, 0.05) is 12.8 Å². The minimum Gasteiger partial charge on any atom is -1.00 e. The largest absolute Gasteiger partial charge is 1.00 e. The van der Waals surface area contributed by atoms with Crippen molar-refractivity contribution < 1.29 is 50.8 Å². The molecule has 0 atom stereocenters. The molecule has 0 aliphatic carbocycles. The first-order valence-electron chi connectivity index (χ1n) is 5.06.